The number of carbonyl (C=O) groups excluding carboxylic acids is 1. The molecule has 2 aromatic heterocycles. The highest BCUT2D eigenvalue weighted by molar-refractivity contribution is 7.91. The highest BCUT2D eigenvalue weighted by atomic mass is 32.2. The number of halogens is 1. The van der Waals surface area contributed by atoms with Crippen LogP contribution >= 0.6 is 0 Å². The minimum atomic E-state index is -3.16. The Morgan fingerprint density at radius 1 is 1.25 bits per heavy atom. The van der Waals surface area contributed by atoms with Crippen LogP contribution in [0.15, 0.2) is 30.3 Å². The molecule has 36 heavy (non-hydrogen) atoms. The summed E-state index contributed by atoms with van der Waals surface area (Å²) >= 11 is 0. The number of aryl methyl sites for hydroxylation is 1. The van der Waals surface area contributed by atoms with Crippen LogP contribution in [-0.4, -0.2) is 84.9 Å². The first kappa shape index (κ1) is 24.8. The van der Waals surface area contributed by atoms with E-state index in [9.17, 15) is 17.6 Å². The normalized spacial score (nSPS) is 20.1. The van der Waals surface area contributed by atoms with Gasteiger partial charge in [-0.15, -0.1) is 0 Å². The van der Waals surface area contributed by atoms with Crippen LogP contribution < -0.4 is 5.32 Å². The van der Waals surface area contributed by atoms with Crippen molar-refractivity contribution >= 4 is 26.8 Å². The van der Waals surface area contributed by atoms with Crippen LogP contribution in [0.3, 0.4) is 0 Å². The number of nitrogens with zero attached hydrogens (tertiary/aromatic N) is 4. The van der Waals surface area contributed by atoms with Gasteiger partial charge in [0, 0.05) is 25.2 Å². The second-order valence-electron chi connectivity index (χ2n) is 9.38. The number of hydrogen-bond donors (Lipinski definition) is 1. The molecule has 0 radical (unpaired) electrons. The van der Waals surface area contributed by atoms with Gasteiger partial charge in [0.15, 0.2) is 15.5 Å². The van der Waals surface area contributed by atoms with Crippen molar-refractivity contribution in [2.75, 3.05) is 50.9 Å². The predicted octanol–water partition coefficient (Wildman–Crippen LogP) is 2.36. The minimum Gasteiger partial charge on any atom is -0.379 e. The summed E-state index contributed by atoms with van der Waals surface area (Å²) in [4.78, 5) is 20.4. The summed E-state index contributed by atoms with van der Waals surface area (Å²) in [5.74, 6) is -0.685. The molecule has 9 nitrogen and oxygen atoms in total. The molecule has 0 aliphatic carbocycles. The van der Waals surface area contributed by atoms with E-state index in [2.05, 4.69) is 20.3 Å². The SMILES string of the molecule is Cc1nn(C2CCS(=O)(=O)C2)c2nc(-c3ccccc3F)cc(C(=O)NCCCN3CCOCC3)c12. The third-order valence-corrected chi connectivity index (χ3v) is 8.58. The average molecular weight is 516 g/mol. The number of benzene rings is 1. The van der Waals surface area contributed by atoms with Crippen LogP contribution in [0.5, 0.6) is 0 Å². The third kappa shape index (κ3) is 5.14. The Morgan fingerprint density at radius 2 is 2.03 bits per heavy atom. The number of aromatic nitrogens is 3. The van der Waals surface area contributed by atoms with Crippen LogP contribution in [-0.2, 0) is 14.6 Å². The first-order valence-electron chi connectivity index (χ1n) is 12.3. The van der Waals surface area contributed by atoms with Crippen molar-refractivity contribution in [1.29, 1.82) is 0 Å². The maximum Gasteiger partial charge on any atom is 0.252 e. The van der Waals surface area contributed by atoms with Crippen molar-refractivity contribution in [3.63, 3.8) is 0 Å². The van der Waals surface area contributed by atoms with Gasteiger partial charge in [-0.2, -0.15) is 5.10 Å². The Bertz CT molecular complexity index is 1380. The smallest absolute Gasteiger partial charge is 0.252 e. The fourth-order valence-electron chi connectivity index (χ4n) is 4.95. The van der Waals surface area contributed by atoms with Gasteiger partial charge in [0.25, 0.3) is 5.91 Å². The molecule has 1 unspecified atom stereocenters. The number of pyridine rings is 1. The van der Waals surface area contributed by atoms with E-state index in [1.807, 2.05) is 0 Å². The molecule has 1 aromatic carbocycles. The number of nitrogens with one attached hydrogen (secondary N) is 1. The summed E-state index contributed by atoms with van der Waals surface area (Å²) < 4.78 is 45.9. The first-order chi connectivity index (χ1) is 17.3. The molecular weight excluding hydrogens is 485 g/mol. The molecule has 2 aliphatic rings. The van der Waals surface area contributed by atoms with Crippen molar-refractivity contribution in [2.24, 2.45) is 0 Å². The number of carbonyl (C=O) groups is 1. The largest absolute Gasteiger partial charge is 0.379 e. The zero-order valence-electron chi connectivity index (χ0n) is 20.2. The molecule has 192 valence electrons. The van der Waals surface area contributed by atoms with Gasteiger partial charge in [0.1, 0.15) is 5.82 Å². The summed E-state index contributed by atoms with van der Waals surface area (Å²) in [5, 5.41) is 8.14. The summed E-state index contributed by atoms with van der Waals surface area (Å²) in [6.45, 7) is 6.37. The monoisotopic (exact) mass is 515 g/mol. The van der Waals surface area contributed by atoms with Crippen LogP contribution in [0.2, 0.25) is 0 Å². The van der Waals surface area contributed by atoms with Crippen molar-refractivity contribution in [3.8, 4) is 11.3 Å². The lowest BCUT2D eigenvalue weighted by Gasteiger charge is -2.26. The molecule has 1 amide bonds. The lowest BCUT2D eigenvalue weighted by atomic mass is 10.0. The van der Waals surface area contributed by atoms with E-state index in [1.54, 1.807) is 35.9 Å². The Morgan fingerprint density at radius 3 is 2.75 bits per heavy atom. The standard InChI is InChI=1S/C25H30FN5O4S/c1-17-23-20(25(32)27-8-4-9-30-10-12-35-13-11-30)15-22(19-5-2-3-6-21(19)26)28-24(23)31(29-17)18-7-14-36(33,34)16-18/h2-3,5-6,15,18H,4,7-14,16H2,1H3,(H,27,32). The van der Waals surface area contributed by atoms with Gasteiger partial charge in [-0.05, 0) is 44.5 Å². The van der Waals surface area contributed by atoms with Crippen molar-refractivity contribution in [1.82, 2.24) is 25.0 Å². The van der Waals surface area contributed by atoms with Crippen LogP contribution in [0.1, 0.15) is 34.9 Å². The number of amides is 1. The lowest BCUT2D eigenvalue weighted by molar-refractivity contribution is 0.0374. The average Bonchev–Trinajstić information content (AvgIpc) is 3.40. The number of hydrogen-bond acceptors (Lipinski definition) is 7. The Kier molecular flexibility index (Phi) is 7.05. The summed E-state index contributed by atoms with van der Waals surface area (Å²) in [6, 6.07) is 7.49. The number of fused-ring (bicyclic) bond motifs is 1. The van der Waals surface area contributed by atoms with Gasteiger partial charge < -0.3 is 10.1 Å². The Balaban J connectivity index is 1.48. The predicted molar refractivity (Wildman–Crippen MR) is 134 cm³/mol. The highest BCUT2D eigenvalue weighted by Gasteiger charge is 2.32. The molecule has 0 saturated carbocycles. The molecule has 3 aromatic rings. The second-order valence-corrected chi connectivity index (χ2v) is 11.6. The molecule has 11 heteroatoms. The van der Waals surface area contributed by atoms with Crippen molar-refractivity contribution < 1.29 is 22.3 Å². The maximum atomic E-state index is 14.7. The summed E-state index contributed by atoms with van der Waals surface area (Å²) in [5.41, 5.74) is 1.91. The Hall–Kier alpha value is -2.89. The van der Waals surface area contributed by atoms with Gasteiger partial charge in [-0.25, -0.2) is 22.5 Å². The van der Waals surface area contributed by atoms with E-state index >= 15 is 0 Å². The Labute approximate surface area is 209 Å². The zero-order chi connectivity index (χ0) is 25.3. The number of sulfone groups is 1. The van der Waals surface area contributed by atoms with E-state index in [4.69, 9.17) is 4.74 Å². The second kappa shape index (κ2) is 10.2. The van der Waals surface area contributed by atoms with E-state index in [0.717, 1.165) is 39.3 Å². The summed E-state index contributed by atoms with van der Waals surface area (Å²) in [6.07, 6.45) is 1.21. The van der Waals surface area contributed by atoms with Gasteiger partial charge in [0.05, 0.1) is 53.1 Å². The minimum absolute atomic E-state index is 0.0299. The molecule has 2 saturated heterocycles. The van der Waals surface area contributed by atoms with Crippen molar-refractivity contribution in [2.45, 2.75) is 25.8 Å². The maximum absolute atomic E-state index is 14.7. The van der Waals surface area contributed by atoms with E-state index in [0.29, 0.717) is 41.0 Å². The molecule has 5 rings (SSSR count). The van der Waals surface area contributed by atoms with Gasteiger partial charge >= 0.3 is 0 Å². The van der Waals surface area contributed by atoms with Crippen LogP contribution in [0.25, 0.3) is 22.3 Å². The van der Waals surface area contributed by atoms with E-state index < -0.39 is 15.7 Å². The molecule has 1 atom stereocenters. The number of ether oxygens (including phenoxy) is 1. The van der Waals surface area contributed by atoms with Crippen LogP contribution in [0, 0.1) is 12.7 Å². The molecule has 4 heterocycles. The molecule has 1 N–H and O–H groups in total. The lowest BCUT2D eigenvalue weighted by Crippen LogP contribution is -2.38. The van der Waals surface area contributed by atoms with Gasteiger partial charge in [-0.3, -0.25) is 9.69 Å². The fraction of sp³-hybridized carbons (Fsp3) is 0.480. The zero-order valence-corrected chi connectivity index (χ0v) is 21.1. The molecular formula is C25H30FN5O4S. The molecule has 0 bridgehead atoms. The third-order valence-electron chi connectivity index (χ3n) is 6.83. The number of morpholine rings is 1. The highest BCUT2D eigenvalue weighted by Crippen LogP contribution is 2.32. The molecule has 2 fully saturated rings. The molecule has 2 aliphatic heterocycles. The number of rotatable bonds is 7. The van der Waals surface area contributed by atoms with E-state index in [-0.39, 0.29) is 29.0 Å². The quantitative estimate of drug-likeness (QED) is 0.482. The van der Waals surface area contributed by atoms with Gasteiger partial charge in [0.2, 0.25) is 0 Å². The van der Waals surface area contributed by atoms with E-state index in [1.165, 1.54) is 6.07 Å². The fourth-order valence-corrected chi connectivity index (χ4v) is 6.64. The van der Waals surface area contributed by atoms with Crippen molar-refractivity contribution in [3.05, 3.63) is 47.4 Å². The first-order valence-corrected chi connectivity index (χ1v) is 14.1. The van der Waals surface area contributed by atoms with Crippen LogP contribution in [0.4, 0.5) is 4.39 Å². The molecule has 0 spiro atoms. The summed E-state index contributed by atoms with van der Waals surface area (Å²) in [7, 11) is -3.16. The topological polar surface area (TPSA) is 106 Å². The van der Waals surface area contributed by atoms with Gasteiger partial charge in [-0.1, -0.05) is 12.1 Å².